The van der Waals surface area contributed by atoms with Crippen LogP contribution in [0.2, 0.25) is 0 Å². The van der Waals surface area contributed by atoms with E-state index in [2.05, 4.69) is 47.6 Å². The van der Waals surface area contributed by atoms with Crippen molar-refractivity contribution in [3.8, 4) is 16.9 Å². The Morgan fingerprint density at radius 3 is 2.76 bits per heavy atom. The third-order valence-corrected chi connectivity index (χ3v) is 7.10. The highest BCUT2D eigenvalue weighted by atomic mass is 32.2. The van der Waals surface area contributed by atoms with Crippen LogP contribution in [0.5, 0.6) is 5.75 Å². The third kappa shape index (κ3) is 4.96. The van der Waals surface area contributed by atoms with Crippen molar-refractivity contribution in [1.82, 2.24) is 10.2 Å². The zero-order chi connectivity index (χ0) is 23.5. The molecule has 8 heteroatoms. The van der Waals surface area contributed by atoms with E-state index >= 15 is 0 Å². The van der Waals surface area contributed by atoms with Crippen LogP contribution in [-0.4, -0.2) is 29.0 Å². The minimum Gasteiger partial charge on any atom is -0.496 e. The molecule has 2 heterocycles. The van der Waals surface area contributed by atoms with E-state index in [0.29, 0.717) is 10.9 Å². The molecule has 0 aliphatic rings. The molecule has 4 rings (SSSR count). The summed E-state index contributed by atoms with van der Waals surface area (Å²) in [6, 6.07) is 10.3. The fourth-order valence-electron chi connectivity index (χ4n) is 3.71. The average molecular weight is 480 g/mol. The SMILES string of the molecule is CCSc1nnc(NC(=O)/C=C(\C)c2cc3c(-c4ccc(C)cc4C)coc3cc2OC)s1. The lowest BCUT2D eigenvalue weighted by atomic mass is 9.96. The maximum atomic E-state index is 12.6. The summed E-state index contributed by atoms with van der Waals surface area (Å²) in [6.07, 6.45) is 3.33. The summed E-state index contributed by atoms with van der Waals surface area (Å²) in [5.41, 5.74) is 6.85. The molecule has 0 saturated carbocycles. The van der Waals surface area contributed by atoms with Gasteiger partial charge >= 0.3 is 0 Å². The molecular weight excluding hydrogens is 454 g/mol. The van der Waals surface area contributed by atoms with Gasteiger partial charge < -0.3 is 9.15 Å². The number of allylic oxidation sites excluding steroid dienone is 1. The molecule has 2 aromatic carbocycles. The molecule has 0 aliphatic carbocycles. The number of aryl methyl sites for hydroxylation is 2. The number of aromatic nitrogens is 2. The Bertz CT molecular complexity index is 1350. The van der Waals surface area contributed by atoms with Gasteiger partial charge in [-0.05, 0) is 49.3 Å². The van der Waals surface area contributed by atoms with Crippen molar-refractivity contribution in [2.45, 2.75) is 32.0 Å². The lowest BCUT2D eigenvalue weighted by Crippen LogP contribution is -2.08. The van der Waals surface area contributed by atoms with E-state index in [1.807, 2.05) is 26.0 Å². The van der Waals surface area contributed by atoms with Crippen molar-refractivity contribution in [2.24, 2.45) is 0 Å². The van der Waals surface area contributed by atoms with Gasteiger partial charge in [0.25, 0.3) is 0 Å². The number of thioether (sulfide) groups is 1. The molecule has 4 aromatic rings. The molecule has 1 N–H and O–H groups in total. The Balaban J connectivity index is 1.68. The van der Waals surface area contributed by atoms with E-state index in [9.17, 15) is 4.79 Å². The Labute approximate surface area is 201 Å². The molecule has 0 unspecified atom stereocenters. The smallest absolute Gasteiger partial charge is 0.250 e. The van der Waals surface area contributed by atoms with Gasteiger partial charge in [0.05, 0.1) is 13.4 Å². The maximum absolute atomic E-state index is 12.6. The Morgan fingerprint density at radius 1 is 1.21 bits per heavy atom. The monoisotopic (exact) mass is 479 g/mol. The van der Waals surface area contributed by atoms with Gasteiger partial charge in [0.2, 0.25) is 11.0 Å². The zero-order valence-corrected chi connectivity index (χ0v) is 20.8. The molecule has 0 fully saturated rings. The number of anilines is 1. The first kappa shape index (κ1) is 23.1. The lowest BCUT2D eigenvalue weighted by Gasteiger charge is -2.10. The van der Waals surface area contributed by atoms with E-state index in [1.54, 1.807) is 31.2 Å². The van der Waals surface area contributed by atoms with Crippen molar-refractivity contribution < 1.29 is 13.9 Å². The molecule has 6 nitrogen and oxygen atoms in total. The molecular formula is C25H25N3O3S2. The van der Waals surface area contributed by atoms with Gasteiger partial charge in [-0.2, -0.15) is 0 Å². The van der Waals surface area contributed by atoms with E-state index in [0.717, 1.165) is 43.3 Å². The van der Waals surface area contributed by atoms with Crippen molar-refractivity contribution >= 4 is 50.7 Å². The molecule has 0 atom stereocenters. The number of rotatable bonds is 7. The number of benzene rings is 2. The van der Waals surface area contributed by atoms with Crippen molar-refractivity contribution in [3.63, 3.8) is 0 Å². The quantitative estimate of drug-likeness (QED) is 0.180. The highest BCUT2D eigenvalue weighted by Gasteiger charge is 2.16. The summed E-state index contributed by atoms with van der Waals surface area (Å²) < 4.78 is 12.3. The molecule has 0 bridgehead atoms. The Kier molecular flexibility index (Phi) is 6.85. The summed E-state index contributed by atoms with van der Waals surface area (Å²) in [4.78, 5) is 12.6. The van der Waals surface area contributed by atoms with Crippen LogP contribution in [0.3, 0.4) is 0 Å². The highest BCUT2D eigenvalue weighted by molar-refractivity contribution is 8.01. The van der Waals surface area contributed by atoms with Gasteiger partial charge in [0.15, 0.2) is 4.34 Å². The van der Waals surface area contributed by atoms with Crippen LogP contribution in [0.15, 0.2) is 51.4 Å². The van der Waals surface area contributed by atoms with Gasteiger partial charge in [0, 0.05) is 28.7 Å². The number of fused-ring (bicyclic) bond motifs is 1. The summed E-state index contributed by atoms with van der Waals surface area (Å²) in [6.45, 7) is 8.11. The number of furan rings is 1. The second-order valence-corrected chi connectivity index (χ2v) is 10.1. The van der Waals surface area contributed by atoms with Crippen LogP contribution in [0.4, 0.5) is 5.13 Å². The molecule has 2 aromatic heterocycles. The normalized spacial score (nSPS) is 11.7. The number of amides is 1. The maximum Gasteiger partial charge on any atom is 0.250 e. The van der Waals surface area contributed by atoms with Crippen molar-refractivity contribution in [2.75, 3.05) is 18.2 Å². The van der Waals surface area contributed by atoms with Crippen LogP contribution < -0.4 is 10.1 Å². The highest BCUT2D eigenvalue weighted by Crippen LogP contribution is 2.38. The van der Waals surface area contributed by atoms with E-state index in [1.165, 1.54) is 22.5 Å². The first-order valence-corrected chi connectivity index (χ1v) is 12.3. The van der Waals surface area contributed by atoms with Crippen LogP contribution in [0, 0.1) is 13.8 Å². The number of ether oxygens (including phenoxy) is 1. The fraction of sp³-hybridized carbons (Fsp3) is 0.240. The standard InChI is InChI=1S/C25H25N3O3S2/c1-6-32-25-28-27-24(33-25)26-23(29)10-16(4)18-11-19-20(13-31-22(19)12-21(18)30-5)17-8-7-14(2)9-15(17)3/h7-13H,6H2,1-5H3,(H,26,27,29)/b16-10+. The summed E-state index contributed by atoms with van der Waals surface area (Å²) in [5, 5.41) is 12.3. The van der Waals surface area contributed by atoms with Gasteiger partial charge in [-0.1, -0.05) is 53.8 Å². The number of methoxy groups -OCH3 is 1. The second kappa shape index (κ2) is 9.80. The number of carbonyl (C=O) groups excluding carboxylic acids is 1. The average Bonchev–Trinajstić information content (AvgIpc) is 3.39. The van der Waals surface area contributed by atoms with E-state index in [-0.39, 0.29) is 5.91 Å². The molecule has 170 valence electrons. The Morgan fingerprint density at radius 2 is 2.03 bits per heavy atom. The molecule has 33 heavy (non-hydrogen) atoms. The summed E-state index contributed by atoms with van der Waals surface area (Å²) in [7, 11) is 1.61. The third-order valence-electron chi connectivity index (χ3n) is 5.24. The first-order chi connectivity index (χ1) is 15.9. The van der Waals surface area contributed by atoms with Crippen molar-refractivity contribution in [3.05, 3.63) is 59.4 Å². The van der Waals surface area contributed by atoms with Crippen molar-refractivity contribution in [1.29, 1.82) is 0 Å². The van der Waals surface area contributed by atoms with Crippen LogP contribution in [-0.2, 0) is 4.79 Å². The van der Waals surface area contributed by atoms with E-state index in [4.69, 9.17) is 9.15 Å². The van der Waals surface area contributed by atoms with E-state index < -0.39 is 0 Å². The molecule has 0 radical (unpaired) electrons. The topological polar surface area (TPSA) is 77.3 Å². The predicted octanol–water partition coefficient (Wildman–Crippen LogP) is 6.73. The molecule has 1 amide bonds. The largest absolute Gasteiger partial charge is 0.496 e. The number of hydrogen-bond acceptors (Lipinski definition) is 7. The number of carbonyl (C=O) groups is 1. The fourth-order valence-corrected chi connectivity index (χ4v) is 5.37. The van der Waals surface area contributed by atoms with Gasteiger partial charge in [-0.3, -0.25) is 10.1 Å². The number of nitrogens with zero attached hydrogens (tertiary/aromatic N) is 2. The number of hydrogen-bond donors (Lipinski definition) is 1. The molecule has 0 saturated heterocycles. The number of nitrogens with one attached hydrogen (secondary N) is 1. The van der Waals surface area contributed by atoms with Gasteiger partial charge in [-0.25, -0.2) is 0 Å². The van der Waals surface area contributed by atoms with Gasteiger partial charge in [0.1, 0.15) is 11.3 Å². The second-order valence-electron chi connectivity index (χ2n) is 7.64. The summed E-state index contributed by atoms with van der Waals surface area (Å²) >= 11 is 2.96. The lowest BCUT2D eigenvalue weighted by molar-refractivity contribution is -0.111. The minimum absolute atomic E-state index is 0.263. The minimum atomic E-state index is -0.263. The van der Waals surface area contributed by atoms with Crippen LogP contribution in [0.25, 0.3) is 27.7 Å². The van der Waals surface area contributed by atoms with Crippen LogP contribution >= 0.6 is 23.1 Å². The first-order valence-electron chi connectivity index (χ1n) is 10.5. The van der Waals surface area contributed by atoms with Crippen LogP contribution in [0.1, 0.15) is 30.5 Å². The predicted molar refractivity (Wildman–Crippen MR) is 136 cm³/mol. The Hall–Kier alpha value is -3.10. The molecule has 0 aliphatic heterocycles. The zero-order valence-electron chi connectivity index (χ0n) is 19.2. The van der Waals surface area contributed by atoms with Gasteiger partial charge in [-0.15, -0.1) is 10.2 Å². The summed E-state index contributed by atoms with van der Waals surface area (Å²) in [5.74, 6) is 1.28. The molecule has 0 spiro atoms.